The Labute approximate surface area is 143 Å². The number of hydrogen-bond donors (Lipinski definition) is 1. The van der Waals surface area contributed by atoms with E-state index in [1.54, 1.807) is 30.0 Å². The van der Waals surface area contributed by atoms with Crippen LogP contribution >= 0.6 is 11.8 Å². The second-order valence-corrected chi connectivity index (χ2v) is 6.42. The third-order valence-corrected chi connectivity index (χ3v) is 4.59. The van der Waals surface area contributed by atoms with E-state index in [0.29, 0.717) is 17.6 Å². The van der Waals surface area contributed by atoms with Crippen LogP contribution in [0.15, 0.2) is 63.8 Å². The number of aromatic nitrogens is 1. The minimum Gasteiger partial charge on any atom is -0.408 e. The molecule has 5 nitrogen and oxygen atoms in total. The highest BCUT2D eigenvalue weighted by Crippen LogP contribution is 2.12. The number of hydrogen-bond acceptors (Lipinski definition) is 4. The summed E-state index contributed by atoms with van der Waals surface area (Å²) < 4.78 is 6.46. The summed E-state index contributed by atoms with van der Waals surface area (Å²) in [6.45, 7) is 0.542. The van der Waals surface area contributed by atoms with Gasteiger partial charge >= 0.3 is 5.76 Å². The van der Waals surface area contributed by atoms with Crippen LogP contribution in [0.3, 0.4) is 0 Å². The van der Waals surface area contributed by atoms with E-state index in [2.05, 4.69) is 17.4 Å². The minimum atomic E-state index is -0.509. The van der Waals surface area contributed by atoms with Crippen molar-refractivity contribution in [2.75, 3.05) is 12.3 Å². The second-order valence-electron chi connectivity index (χ2n) is 5.31. The summed E-state index contributed by atoms with van der Waals surface area (Å²) in [6.07, 6.45) is 0. The van der Waals surface area contributed by atoms with Gasteiger partial charge in [0.05, 0.1) is 5.52 Å². The maximum absolute atomic E-state index is 12.0. The first-order valence-electron chi connectivity index (χ1n) is 7.71. The Morgan fingerprint density at radius 2 is 1.83 bits per heavy atom. The van der Waals surface area contributed by atoms with Gasteiger partial charge in [0.25, 0.3) is 0 Å². The maximum atomic E-state index is 12.0. The predicted octanol–water partition coefficient (Wildman–Crippen LogP) is 2.64. The smallest absolute Gasteiger partial charge is 0.408 e. The number of carbonyl (C=O) groups is 1. The fourth-order valence-electron chi connectivity index (χ4n) is 2.39. The average molecular weight is 342 g/mol. The molecule has 24 heavy (non-hydrogen) atoms. The number of oxazole rings is 1. The van der Waals surface area contributed by atoms with Gasteiger partial charge < -0.3 is 9.73 Å². The molecule has 0 unspecified atom stereocenters. The first-order valence-corrected chi connectivity index (χ1v) is 8.86. The fourth-order valence-corrected chi connectivity index (χ4v) is 3.21. The number of rotatable bonds is 7. The molecule has 0 spiro atoms. The second kappa shape index (κ2) is 7.88. The van der Waals surface area contributed by atoms with Crippen molar-refractivity contribution >= 4 is 28.8 Å². The van der Waals surface area contributed by atoms with Crippen molar-refractivity contribution in [1.29, 1.82) is 0 Å². The topological polar surface area (TPSA) is 64.2 Å². The van der Waals surface area contributed by atoms with Crippen molar-refractivity contribution in [3.8, 4) is 0 Å². The summed E-state index contributed by atoms with van der Waals surface area (Å²) in [4.78, 5) is 23.8. The van der Waals surface area contributed by atoms with Crippen LogP contribution in [0.4, 0.5) is 0 Å². The van der Waals surface area contributed by atoms with E-state index in [1.807, 2.05) is 24.3 Å². The van der Waals surface area contributed by atoms with Crippen LogP contribution < -0.4 is 11.1 Å². The molecule has 0 radical (unpaired) electrons. The molecule has 1 amide bonds. The van der Waals surface area contributed by atoms with Gasteiger partial charge in [-0.3, -0.25) is 9.36 Å². The Kier molecular flexibility index (Phi) is 5.38. The van der Waals surface area contributed by atoms with Gasteiger partial charge in [-0.15, -0.1) is 0 Å². The minimum absolute atomic E-state index is 0.0286. The number of nitrogens with one attached hydrogen (secondary N) is 1. The van der Waals surface area contributed by atoms with Crippen LogP contribution in [0.2, 0.25) is 0 Å². The molecule has 0 atom stereocenters. The van der Waals surface area contributed by atoms with Crippen molar-refractivity contribution in [1.82, 2.24) is 9.88 Å². The van der Waals surface area contributed by atoms with Gasteiger partial charge in [-0.05, 0) is 17.7 Å². The van der Waals surface area contributed by atoms with E-state index in [1.165, 1.54) is 10.1 Å². The molecule has 0 aliphatic carbocycles. The highest BCUT2D eigenvalue weighted by molar-refractivity contribution is 7.98. The van der Waals surface area contributed by atoms with E-state index in [9.17, 15) is 9.59 Å². The van der Waals surface area contributed by atoms with Crippen molar-refractivity contribution < 1.29 is 9.21 Å². The summed E-state index contributed by atoms with van der Waals surface area (Å²) in [5.41, 5.74) is 2.40. The Bertz CT molecular complexity index is 871. The van der Waals surface area contributed by atoms with Gasteiger partial charge in [0.15, 0.2) is 5.58 Å². The zero-order valence-electron chi connectivity index (χ0n) is 13.1. The number of benzene rings is 2. The first kappa shape index (κ1) is 16.4. The lowest BCUT2D eigenvalue weighted by molar-refractivity contribution is -0.121. The van der Waals surface area contributed by atoms with Crippen molar-refractivity contribution in [2.45, 2.75) is 12.3 Å². The quantitative estimate of drug-likeness (QED) is 0.671. The monoisotopic (exact) mass is 342 g/mol. The van der Waals surface area contributed by atoms with Crippen molar-refractivity contribution in [3.63, 3.8) is 0 Å². The lowest BCUT2D eigenvalue weighted by atomic mass is 10.2. The number of thioether (sulfide) groups is 1. The zero-order chi connectivity index (χ0) is 16.8. The molecule has 3 rings (SSSR count). The molecule has 1 heterocycles. The van der Waals surface area contributed by atoms with Gasteiger partial charge in [-0.2, -0.15) is 11.8 Å². The Balaban J connectivity index is 1.46. The van der Waals surface area contributed by atoms with Crippen LogP contribution in [0.25, 0.3) is 11.1 Å². The average Bonchev–Trinajstić information content (AvgIpc) is 2.91. The van der Waals surface area contributed by atoms with E-state index >= 15 is 0 Å². The van der Waals surface area contributed by atoms with E-state index < -0.39 is 5.76 Å². The highest BCUT2D eigenvalue weighted by Gasteiger charge is 2.11. The molecule has 0 aliphatic heterocycles. The van der Waals surface area contributed by atoms with Crippen LogP contribution in [0.5, 0.6) is 0 Å². The zero-order valence-corrected chi connectivity index (χ0v) is 13.9. The molecule has 0 saturated heterocycles. The fraction of sp³-hybridized carbons (Fsp3) is 0.222. The summed E-state index contributed by atoms with van der Waals surface area (Å²) in [5.74, 6) is 1.04. The van der Waals surface area contributed by atoms with Crippen LogP contribution in [0.1, 0.15) is 5.56 Å². The van der Waals surface area contributed by atoms with Gasteiger partial charge in [-0.1, -0.05) is 42.5 Å². The number of amides is 1. The first-order chi connectivity index (χ1) is 11.7. The molecule has 1 N–H and O–H groups in total. The van der Waals surface area contributed by atoms with Crippen LogP contribution in [0, 0.1) is 0 Å². The summed E-state index contributed by atoms with van der Waals surface area (Å²) in [6, 6.07) is 17.3. The molecule has 0 bridgehead atoms. The Morgan fingerprint density at radius 3 is 2.67 bits per heavy atom. The van der Waals surface area contributed by atoms with Gasteiger partial charge in [-0.25, -0.2) is 4.79 Å². The molecule has 124 valence electrons. The molecule has 2 aromatic carbocycles. The third kappa shape index (κ3) is 4.08. The largest absolute Gasteiger partial charge is 0.420 e. The lowest BCUT2D eigenvalue weighted by Gasteiger charge is -2.06. The normalized spacial score (nSPS) is 10.8. The maximum Gasteiger partial charge on any atom is 0.420 e. The molecule has 3 aromatic rings. The number of nitrogens with zero attached hydrogens (tertiary/aromatic N) is 1. The molecular weight excluding hydrogens is 324 g/mol. The Hall–Kier alpha value is -2.47. The van der Waals surface area contributed by atoms with Crippen LogP contribution in [-0.4, -0.2) is 22.8 Å². The van der Waals surface area contributed by atoms with E-state index in [-0.39, 0.29) is 12.5 Å². The highest BCUT2D eigenvalue weighted by atomic mass is 32.2. The SMILES string of the molecule is O=C(Cn1c(=O)oc2ccccc21)NCCSCc1ccccc1. The number of fused-ring (bicyclic) bond motifs is 1. The molecular formula is C18H18N2O3S. The summed E-state index contributed by atoms with van der Waals surface area (Å²) >= 11 is 1.76. The van der Waals surface area contributed by atoms with Crippen molar-refractivity contribution in [3.05, 3.63) is 70.7 Å². The summed E-state index contributed by atoms with van der Waals surface area (Å²) in [5, 5.41) is 2.84. The molecule has 0 saturated carbocycles. The van der Waals surface area contributed by atoms with Crippen molar-refractivity contribution in [2.24, 2.45) is 0 Å². The Morgan fingerprint density at radius 1 is 1.08 bits per heavy atom. The molecule has 6 heteroatoms. The number of carbonyl (C=O) groups excluding carboxylic acids is 1. The lowest BCUT2D eigenvalue weighted by Crippen LogP contribution is -2.32. The van der Waals surface area contributed by atoms with E-state index in [4.69, 9.17) is 4.42 Å². The van der Waals surface area contributed by atoms with Gasteiger partial charge in [0, 0.05) is 18.1 Å². The van der Waals surface area contributed by atoms with Crippen LogP contribution in [-0.2, 0) is 17.1 Å². The van der Waals surface area contributed by atoms with Gasteiger partial charge in [0.2, 0.25) is 5.91 Å². The van der Waals surface area contributed by atoms with Gasteiger partial charge in [0.1, 0.15) is 6.54 Å². The summed E-state index contributed by atoms with van der Waals surface area (Å²) in [7, 11) is 0. The molecule has 0 aliphatic rings. The predicted molar refractivity (Wildman–Crippen MR) is 96.1 cm³/mol. The third-order valence-electron chi connectivity index (χ3n) is 3.56. The standard InChI is InChI=1S/C18H18N2O3S/c21-17(19-10-11-24-13-14-6-2-1-3-7-14)12-20-15-8-4-5-9-16(15)23-18(20)22/h1-9H,10-13H2,(H,19,21). The molecule has 1 aromatic heterocycles. The molecule has 0 fully saturated rings. The number of para-hydroxylation sites is 2. The van der Waals surface area contributed by atoms with E-state index in [0.717, 1.165) is 11.5 Å².